The van der Waals surface area contributed by atoms with Gasteiger partial charge in [0.15, 0.2) is 0 Å². The highest BCUT2D eigenvalue weighted by Gasteiger charge is 2.26. The Morgan fingerprint density at radius 3 is 2.50 bits per heavy atom. The third-order valence-electron chi connectivity index (χ3n) is 1.22. The maximum atomic E-state index is 10.9. The van der Waals surface area contributed by atoms with Gasteiger partial charge in [0.25, 0.3) is 0 Å². The van der Waals surface area contributed by atoms with Crippen LogP contribution in [0.15, 0.2) is 0 Å². The molecule has 0 saturated carbocycles. The molecule has 0 aliphatic rings. The van der Waals surface area contributed by atoms with Gasteiger partial charge in [-0.1, -0.05) is 0 Å². The molecular weight excluding hydrogens is 150 g/mol. The van der Waals surface area contributed by atoms with Gasteiger partial charge in [-0.15, -0.1) is 0 Å². The van der Waals surface area contributed by atoms with E-state index in [0.717, 1.165) is 0 Å². The maximum Gasteiger partial charge on any atom is 0.325 e. The summed E-state index contributed by atoms with van der Waals surface area (Å²) in [6, 6.07) is 0. The van der Waals surface area contributed by atoms with Crippen molar-refractivity contribution in [1.82, 2.24) is 5.32 Å². The lowest BCUT2D eigenvalue weighted by Crippen LogP contribution is -2.46. The second-order valence-corrected chi connectivity index (χ2v) is 2.77. The minimum Gasteiger partial charge on any atom is -0.468 e. The van der Waals surface area contributed by atoms with E-state index in [-0.39, 0.29) is 5.97 Å². The van der Waals surface area contributed by atoms with Gasteiger partial charge in [-0.05, 0) is 13.8 Å². The average Bonchev–Trinajstić information content (AvgIpc) is 1.86. The summed E-state index contributed by atoms with van der Waals surface area (Å²) < 4.78 is 4.53. The van der Waals surface area contributed by atoms with Crippen LogP contribution < -0.4 is 5.32 Å². The largest absolute Gasteiger partial charge is 0.468 e. The van der Waals surface area contributed by atoms with Crippen LogP contribution in [0.1, 0.15) is 13.8 Å². The normalized spacial score (nSPS) is 11.2. The van der Waals surface area contributed by atoms with Crippen LogP contribution in [0, 0.1) is 0 Å². The van der Waals surface area contributed by atoms with Crippen molar-refractivity contribution >= 4 is 18.6 Å². The van der Waals surface area contributed by atoms with Crippen molar-refractivity contribution in [3.8, 4) is 0 Å². The van der Waals surface area contributed by atoms with Crippen LogP contribution in [0.3, 0.4) is 0 Å². The Bertz CT molecular complexity index is 125. The molecule has 0 unspecified atom stereocenters. The summed E-state index contributed by atoms with van der Waals surface area (Å²) in [6.45, 7) is 3.49. The molecule has 0 fully saturated rings. The highest BCUT2D eigenvalue weighted by Crippen LogP contribution is 2.03. The summed E-state index contributed by atoms with van der Waals surface area (Å²) in [5, 5.41) is 2.86. The van der Waals surface area contributed by atoms with Crippen LogP contribution in [0.25, 0.3) is 0 Å². The van der Waals surface area contributed by atoms with E-state index in [4.69, 9.17) is 0 Å². The van der Waals surface area contributed by atoms with Crippen molar-refractivity contribution in [2.45, 2.75) is 19.4 Å². The molecule has 1 N–H and O–H groups in total. The van der Waals surface area contributed by atoms with E-state index in [1.807, 2.05) is 0 Å². The molecule has 0 heterocycles. The number of nitrogens with one attached hydrogen (secondary N) is 1. The molecule has 3 nitrogen and oxygen atoms in total. The summed E-state index contributed by atoms with van der Waals surface area (Å²) in [5.74, 6) is 0.184. The van der Waals surface area contributed by atoms with Crippen molar-refractivity contribution in [2.75, 3.05) is 13.0 Å². The Hall–Kier alpha value is -0.220. The predicted molar refractivity (Wildman–Crippen MR) is 43.1 cm³/mol. The van der Waals surface area contributed by atoms with E-state index in [0.29, 0.717) is 5.88 Å². The highest BCUT2D eigenvalue weighted by atomic mass is 32.1. The molecule has 4 heteroatoms. The van der Waals surface area contributed by atoms with Crippen molar-refractivity contribution in [1.29, 1.82) is 0 Å². The van der Waals surface area contributed by atoms with Gasteiger partial charge in [-0.3, -0.25) is 10.1 Å². The molecule has 0 bridgehead atoms. The van der Waals surface area contributed by atoms with Crippen LogP contribution >= 0.6 is 12.6 Å². The van der Waals surface area contributed by atoms with E-state index < -0.39 is 5.54 Å². The Morgan fingerprint density at radius 2 is 2.20 bits per heavy atom. The van der Waals surface area contributed by atoms with Gasteiger partial charge >= 0.3 is 5.97 Å². The number of thiol groups is 1. The minimum atomic E-state index is -0.628. The fraction of sp³-hybridized carbons (Fsp3) is 0.833. The van der Waals surface area contributed by atoms with Gasteiger partial charge in [0.05, 0.1) is 7.11 Å². The molecule has 0 spiro atoms. The zero-order valence-corrected chi connectivity index (χ0v) is 7.37. The van der Waals surface area contributed by atoms with Crippen LogP contribution in [0.4, 0.5) is 0 Å². The lowest BCUT2D eigenvalue weighted by atomic mass is 10.1. The number of hydrogen-bond donors (Lipinski definition) is 2. The minimum absolute atomic E-state index is 0.276. The second kappa shape index (κ2) is 3.83. The lowest BCUT2D eigenvalue weighted by molar-refractivity contribution is -0.146. The van der Waals surface area contributed by atoms with Gasteiger partial charge in [0.1, 0.15) is 5.54 Å². The molecule has 0 aliphatic carbocycles. The molecular formula is C6H13NO2S. The first-order valence-electron chi connectivity index (χ1n) is 2.99. The lowest BCUT2D eigenvalue weighted by Gasteiger charge is -2.21. The molecule has 0 aromatic rings. The third kappa shape index (κ3) is 2.58. The fourth-order valence-corrected chi connectivity index (χ4v) is 0.920. The topological polar surface area (TPSA) is 38.3 Å². The van der Waals surface area contributed by atoms with Crippen LogP contribution in [0.2, 0.25) is 0 Å². The summed E-state index contributed by atoms with van der Waals surface area (Å²) in [5.41, 5.74) is -0.628. The van der Waals surface area contributed by atoms with Crippen molar-refractivity contribution in [3.05, 3.63) is 0 Å². The maximum absolute atomic E-state index is 10.9. The summed E-state index contributed by atoms with van der Waals surface area (Å²) >= 11 is 3.93. The highest BCUT2D eigenvalue weighted by molar-refractivity contribution is 7.80. The summed E-state index contributed by atoms with van der Waals surface area (Å²) in [6.07, 6.45) is 0. The smallest absolute Gasteiger partial charge is 0.325 e. The average molecular weight is 163 g/mol. The summed E-state index contributed by atoms with van der Waals surface area (Å²) in [7, 11) is 1.37. The van der Waals surface area contributed by atoms with Gasteiger partial charge in [0.2, 0.25) is 0 Å². The quantitative estimate of drug-likeness (QED) is 0.360. The fourth-order valence-electron chi connectivity index (χ4n) is 0.525. The van der Waals surface area contributed by atoms with Crippen molar-refractivity contribution < 1.29 is 9.53 Å². The van der Waals surface area contributed by atoms with E-state index in [1.54, 1.807) is 13.8 Å². The monoisotopic (exact) mass is 163 g/mol. The standard InChI is InChI=1S/C6H13NO2S/c1-6(2,7-4-10)5(8)9-3/h7,10H,4H2,1-3H3. The molecule has 0 rings (SSSR count). The van der Waals surface area contributed by atoms with Crippen LogP contribution in [0.5, 0.6) is 0 Å². The molecule has 0 aliphatic heterocycles. The van der Waals surface area contributed by atoms with Gasteiger partial charge < -0.3 is 4.74 Å². The Kier molecular flexibility index (Phi) is 3.75. The molecule has 0 atom stereocenters. The Balaban J connectivity index is 3.96. The van der Waals surface area contributed by atoms with Gasteiger partial charge in [0, 0.05) is 5.88 Å². The van der Waals surface area contributed by atoms with E-state index in [2.05, 4.69) is 22.7 Å². The Morgan fingerprint density at radius 1 is 1.70 bits per heavy atom. The molecule has 0 aromatic carbocycles. The first kappa shape index (κ1) is 9.78. The number of esters is 1. The van der Waals surface area contributed by atoms with Gasteiger partial charge in [-0.25, -0.2) is 0 Å². The Labute approximate surface area is 66.5 Å². The predicted octanol–water partition coefficient (Wildman–Crippen LogP) is 0.415. The van der Waals surface area contributed by atoms with Gasteiger partial charge in [-0.2, -0.15) is 12.6 Å². The number of rotatable bonds is 3. The van der Waals surface area contributed by atoms with E-state index in [1.165, 1.54) is 7.11 Å². The molecule has 0 saturated heterocycles. The zero-order valence-electron chi connectivity index (χ0n) is 6.47. The first-order valence-corrected chi connectivity index (χ1v) is 3.62. The van der Waals surface area contributed by atoms with Crippen molar-refractivity contribution in [3.63, 3.8) is 0 Å². The number of hydrogen-bond acceptors (Lipinski definition) is 4. The third-order valence-corrected chi connectivity index (χ3v) is 1.37. The molecule has 10 heavy (non-hydrogen) atoms. The molecule has 0 aromatic heterocycles. The molecule has 0 radical (unpaired) electrons. The number of methoxy groups -OCH3 is 1. The first-order chi connectivity index (χ1) is 4.54. The van der Waals surface area contributed by atoms with E-state index in [9.17, 15) is 4.79 Å². The SMILES string of the molecule is COC(=O)C(C)(C)NCS. The number of carbonyl (C=O) groups is 1. The van der Waals surface area contributed by atoms with Crippen molar-refractivity contribution in [2.24, 2.45) is 0 Å². The number of ether oxygens (including phenoxy) is 1. The molecule has 0 amide bonds. The number of carbonyl (C=O) groups excluding carboxylic acids is 1. The molecule has 60 valence electrons. The van der Waals surface area contributed by atoms with Crippen LogP contribution in [-0.4, -0.2) is 24.5 Å². The zero-order chi connectivity index (χ0) is 8.20. The summed E-state index contributed by atoms with van der Waals surface area (Å²) in [4.78, 5) is 10.9. The van der Waals surface area contributed by atoms with E-state index >= 15 is 0 Å². The second-order valence-electron chi connectivity index (χ2n) is 2.45. The van der Waals surface area contributed by atoms with Crippen LogP contribution in [-0.2, 0) is 9.53 Å².